The second kappa shape index (κ2) is 21.8. The predicted octanol–water partition coefficient (Wildman–Crippen LogP) is 5.74. The van der Waals surface area contributed by atoms with Crippen molar-refractivity contribution in [2.75, 3.05) is 7.11 Å². The zero-order valence-electron chi connectivity index (χ0n) is 14.3. The first-order valence-electron chi connectivity index (χ1n) is 8.77. The molecule has 3 heteroatoms. The molecule has 0 saturated carbocycles. The van der Waals surface area contributed by atoms with Crippen LogP contribution in [0.15, 0.2) is 0 Å². The fourth-order valence-electron chi connectivity index (χ4n) is 2.33. The minimum atomic E-state index is -2.11. The molecule has 0 amide bonds. The first-order valence-corrected chi connectivity index (χ1v) is 14.0. The van der Waals surface area contributed by atoms with E-state index in [0.717, 1.165) is 16.0 Å². The Kier molecular flexibility index (Phi) is 24.9. The van der Waals surface area contributed by atoms with Gasteiger partial charge in [-0.2, -0.15) is 0 Å². The maximum Gasteiger partial charge on any atom is 0.0319 e. The monoisotopic (exact) mass is 394 g/mol. The van der Waals surface area contributed by atoms with Crippen molar-refractivity contribution in [2.24, 2.45) is 0 Å². The summed E-state index contributed by atoms with van der Waals surface area (Å²) in [6, 6.07) is 0. The molecule has 0 aromatic carbocycles. The van der Waals surface area contributed by atoms with Gasteiger partial charge in [-0.3, -0.25) is 0 Å². The van der Waals surface area contributed by atoms with Crippen LogP contribution in [0.5, 0.6) is 0 Å². The minimum absolute atomic E-state index is 1.00. The third kappa shape index (κ3) is 20.9. The first kappa shape index (κ1) is 22.8. The Morgan fingerprint density at radius 3 is 1.25 bits per heavy atom. The molecule has 1 N–H and O–H groups in total. The van der Waals surface area contributed by atoms with Gasteiger partial charge in [0.2, 0.25) is 0 Å². The van der Waals surface area contributed by atoms with E-state index in [4.69, 9.17) is 5.11 Å². The van der Waals surface area contributed by atoms with Gasteiger partial charge in [-0.25, -0.2) is 0 Å². The van der Waals surface area contributed by atoms with Crippen molar-refractivity contribution >= 4 is 19.7 Å². The van der Waals surface area contributed by atoms with E-state index in [9.17, 15) is 3.08 Å². The molecule has 0 aliphatic heterocycles. The summed E-state index contributed by atoms with van der Waals surface area (Å²) in [6.07, 6.45) is 16.0. The molecule has 20 heavy (non-hydrogen) atoms. The standard InChI is InChI=1S/2C8H17.CH4O.O.Sn/c2*1-3-5-7-8-6-4-2;1-2;;/h2*1,3-8H2,2H3;2H,1H3;;. The van der Waals surface area contributed by atoms with Crippen molar-refractivity contribution in [1.29, 1.82) is 0 Å². The second-order valence-electron chi connectivity index (χ2n) is 5.57. The average Bonchev–Trinajstić information content (AvgIpc) is 2.48. The van der Waals surface area contributed by atoms with E-state index in [1.54, 1.807) is 0 Å². The molecule has 0 heterocycles. The molecular weight excluding hydrogens is 355 g/mol. The van der Waals surface area contributed by atoms with E-state index < -0.39 is 19.7 Å². The number of rotatable bonds is 14. The van der Waals surface area contributed by atoms with Crippen molar-refractivity contribution in [1.82, 2.24) is 0 Å². The maximum atomic E-state index is 11.9. The van der Waals surface area contributed by atoms with Gasteiger partial charge in [0.15, 0.2) is 0 Å². The van der Waals surface area contributed by atoms with Gasteiger partial charge in [-0.15, -0.1) is 0 Å². The van der Waals surface area contributed by atoms with Crippen LogP contribution in [0.3, 0.4) is 0 Å². The van der Waals surface area contributed by atoms with E-state index in [2.05, 4.69) is 13.8 Å². The van der Waals surface area contributed by atoms with Crippen molar-refractivity contribution < 1.29 is 8.18 Å². The predicted molar refractivity (Wildman–Crippen MR) is 90.9 cm³/mol. The van der Waals surface area contributed by atoms with Gasteiger partial charge < -0.3 is 5.11 Å². The van der Waals surface area contributed by atoms with E-state index in [-0.39, 0.29) is 0 Å². The second-order valence-corrected chi connectivity index (χ2v) is 11.5. The maximum absolute atomic E-state index is 11.9. The molecule has 2 nitrogen and oxygen atoms in total. The molecule has 0 spiro atoms. The third-order valence-corrected chi connectivity index (χ3v) is 8.82. The largest absolute Gasteiger partial charge is 0.400 e. The minimum Gasteiger partial charge on any atom is -0.400 e. The summed E-state index contributed by atoms with van der Waals surface area (Å²) in [5, 5.41) is 7.00. The Balaban J connectivity index is 0. The van der Waals surface area contributed by atoms with Crippen molar-refractivity contribution in [2.45, 2.75) is 99.8 Å². The third-order valence-electron chi connectivity index (χ3n) is 3.62. The number of hydrogen-bond donors (Lipinski definition) is 1. The van der Waals surface area contributed by atoms with Crippen LogP contribution < -0.4 is 0 Å². The molecule has 0 rings (SSSR count). The van der Waals surface area contributed by atoms with E-state index in [1.165, 1.54) is 77.0 Å². The summed E-state index contributed by atoms with van der Waals surface area (Å²) in [7, 11) is 1.00. The number of unbranched alkanes of at least 4 members (excludes halogenated alkanes) is 10. The average molecular weight is 393 g/mol. The van der Waals surface area contributed by atoms with E-state index in [0.29, 0.717) is 0 Å². The Morgan fingerprint density at radius 2 is 0.900 bits per heavy atom. The van der Waals surface area contributed by atoms with Crippen LogP contribution in [-0.4, -0.2) is 32.0 Å². The Morgan fingerprint density at radius 1 is 0.600 bits per heavy atom. The van der Waals surface area contributed by atoms with Crippen LogP contribution in [0.2, 0.25) is 8.87 Å². The SMILES string of the molecule is CCCCCCC[CH2][Sn](=[O])[CH2]CCCCCCC.CO. The van der Waals surface area contributed by atoms with Gasteiger partial charge in [0.05, 0.1) is 0 Å². The zero-order chi connectivity index (χ0) is 15.5. The van der Waals surface area contributed by atoms with Gasteiger partial charge in [0.25, 0.3) is 0 Å². The Bertz CT molecular complexity index is 166. The molecule has 0 radical (unpaired) electrons. The van der Waals surface area contributed by atoms with Gasteiger partial charge in [0, 0.05) is 7.11 Å². The van der Waals surface area contributed by atoms with Crippen molar-refractivity contribution in [3.05, 3.63) is 0 Å². The first-order chi connectivity index (χ1) is 9.81. The summed E-state index contributed by atoms with van der Waals surface area (Å²) in [6.45, 7) is 4.51. The van der Waals surface area contributed by atoms with Crippen LogP contribution in [0.25, 0.3) is 0 Å². The van der Waals surface area contributed by atoms with E-state index >= 15 is 0 Å². The fraction of sp³-hybridized carbons (Fsp3) is 1.00. The molecule has 0 atom stereocenters. The molecule has 0 aromatic heterocycles. The number of aliphatic hydroxyl groups excluding tert-OH is 1. The summed E-state index contributed by atoms with van der Waals surface area (Å²) < 4.78 is 14.1. The quantitative estimate of drug-likeness (QED) is 0.302. The number of aliphatic hydroxyl groups is 1. The Hall–Kier alpha value is 0.559. The molecule has 0 unspecified atom stereocenters. The molecule has 0 aliphatic carbocycles. The summed E-state index contributed by atoms with van der Waals surface area (Å²) in [5.41, 5.74) is 0. The number of hydrogen-bond acceptors (Lipinski definition) is 2. The molecule has 0 aromatic rings. The molecule has 0 saturated heterocycles. The van der Waals surface area contributed by atoms with Crippen LogP contribution in [-0.2, 0) is 3.08 Å². The zero-order valence-corrected chi connectivity index (χ0v) is 17.1. The molecule has 0 aliphatic rings. The summed E-state index contributed by atoms with van der Waals surface area (Å²) >= 11 is -2.11. The fourth-order valence-corrected chi connectivity index (χ4v) is 6.72. The van der Waals surface area contributed by atoms with Gasteiger partial charge in [-0.05, 0) is 0 Å². The summed E-state index contributed by atoms with van der Waals surface area (Å²) in [5.74, 6) is 0. The van der Waals surface area contributed by atoms with Crippen LogP contribution in [0.4, 0.5) is 0 Å². The molecule has 0 bridgehead atoms. The van der Waals surface area contributed by atoms with Crippen molar-refractivity contribution in [3.63, 3.8) is 0 Å². The molecular formula is C17H38O2Sn. The van der Waals surface area contributed by atoms with Crippen LogP contribution in [0, 0.1) is 0 Å². The topological polar surface area (TPSA) is 37.3 Å². The van der Waals surface area contributed by atoms with Crippen LogP contribution >= 0.6 is 0 Å². The summed E-state index contributed by atoms with van der Waals surface area (Å²) in [4.78, 5) is 0. The van der Waals surface area contributed by atoms with Gasteiger partial charge >= 0.3 is 123 Å². The van der Waals surface area contributed by atoms with E-state index in [1.807, 2.05) is 0 Å². The Labute approximate surface area is 134 Å². The van der Waals surface area contributed by atoms with Gasteiger partial charge in [0.1, 0.15) is 0 Å². The smallest absolute Gasteiger partial charge is 0.0319 e. The van der Waals surface area contributed by atoms with Crippen LogP contribution in [0.1, 0.15) is 90.9 Å². The molecule has 0 fully saturated rings. The normalized spacial score (nSPS) is 10.0. The van der Waals surface area contributed by atoms with Crippen molar-refractivity contribution in [3.8, 4) is 0 Å². The molecule has 122 valence electrons. The van der Waals surface area contributed by atoms with Gasteiger partial charge in [-0.1, -0.05) is 0 Å².